The van der Waals surface area contributed by atoms with Gasteiger partial charge in [0.25, 0.3) is 0 Å². The molecule has 2 atom stereocenters. The van der Waals surface area contributed by atoms with Gasteiger partial charge in [0, 0.05) is 18.3 Å². The number of nitrogens with zero attached hydrogens (tertiary/aromatic N) is 2. The number of aliphatic imine (C=N–C) groups is 1. The predicted molar refractivity (Wildman–Crippen MR) is 125 cm³/mol. The third kappa shape index (κ3) is 7.72. The monoisotopic (exact) mass is 498 g/mol. The molecule has 2 aliphatic rings. The van der Waals surface area contributed by atoms with Crippen molar-refractivity contribution >= 4 is 41.7 Å². The fraction of sp³-hybridized carbons (Fsp3) is 0.947. The first-order valence-electron chi connectivity index (χ1n) is 10.2. The van der Waals surface area contributed by atoms with Crippen LogP contribution in [0.2, 0.25) is 0 Å². The topological polar surface area (TPSA) is 59.9 Å². The van der Waals surface area contributed by atoms with Crippen LogP contribution in [-0.4, -0.2) is 71.8 Å². The molecule has 2 rings (SSSR count). The van der Waals surface area contributed by atoms with Gasteiger partial charge in [-0.2, -0.15) is 11.8 Å². The smallest absolute Gasteiger partial charge is 0.191 e. The molecule has 5 nitrogen and oxygen atoms in total. The normalized spacial score (nSPS) is 27.5. The minimum absolute atomic E-state index is 0. The van der Waals surface area contributed by atoms with Gasteiger partial charge >= 0.3 is 0 Å². The van der Waals surface area contributed by atoms with E-state index in [1.54, 1.807) is 0 Å². The summed E-state index contributed by atoms with van der Waals surface area (Å²) in [5.41, 5.74) is -0.604. The van der Waals surface area contributed by atoms with Gasteiger partial charge < -0.3 is 20.6 Å². The van der Waals surface area contributed by atoms with Crippen LogP contribution in [0.1, 0.15) is 52.9 Å². The van der Waals surface area contributed by atoms with E-state index in [4.69, 9.17) is 0 Å². The van der Waals surface area contributed by atoms with Crippen LogP contribution in [0.4, 0.5) is 0 Å². The Morgan fingerprint density at radius 1 is 1.23 bits per heavy atom. The first kappa shape index (κ1) is 24.3. The van der Waals surface area contributed by atoms with E-state index >= 15 is 0 Å². The molecule has 0 aromatic carbocycles. The molecule has 1 aliphatic heterocycles. The zero-order valence-corrected chi connectivity index (χ0v) is 19.9. The molecule has 1 heterocycles. The first-order valence-corrected chi connectivity index (χ1v) is 11.2. The number of rotatable bonds is 9. The van der Waals surface area contributed by atoms with Gasteiger partial charge in [0.15, 0.2) is 5.96 Å². The zero-order chi connectivity index (χ0) is 18.1. The lowest BCUT2D eigenvalue weighted by atomic mass is 9.79. The van der Waals surface area contributed by atoms with Crippen LogP contribution in [0.3, 0.4) is 0 Å². The molecule has 26 heavy (non-hydrogen) atoms. The van der Waals surface area contributed by atoms with E-state index in [9.17, 15) is 5.11 Å². The van der Waals surface area contributed by atoms with Crippen molar-refractivity contribution < 1.29 is 5.11 Å². The number of thioether (sulfide) groups is 1. The number of guanidine groups is 1. The van der Waals surface area contributed by atoms with Crippen LogP contribution in [0.15, 0.2) is 4.99 Å². The summed E-state index contributed by atoms with van der Waals surface area (Å²) in [7, 11) is 0. The molecule has 0 aromatic heterocycles. The summed E-state index contributed by atoms with van der Waals surface area (Å²) in [4.78, 5) is 7.23. The van der Waals surface area contributed by atoms with Gasteiger partial charge in [-0.3, -0.25) is 4.99 Å². The number of likely N-dealkylation sites (tertiary alicyclic amines) is 1. The van der Waals surface area contributed by atoms with Gasteiger partial charge in [-0.05, 0) is 70.3 Å². The van der Waals surface area contributed by atoms with Crippen molar-refractivity contribution in [3.63, 3.8) is 0 Å². The Morgan fingerprint density at radius 3 is 2.54 bits per heavy atom. The Hall–Kier alpha value is 0.270. The molecule has 0 amide bonds. The molecule has 0 aromatic rings. The second kappa shape index (κ2) is 12.7. The van der Waals surface area contributed by atoms with E-state index in [-0.39, 0.29) is 24.0 Å². The van der Waals surface area contributed by atoms with Crippen molar-refractivity contribution in [3.8, 4) is 0 Å². The Labute approximate surface area is 181 Å². The van der Waals surface area contributed by atoms with Gasteiger partial charge in [-0.25, -0.2) is 0 Å². The van der Waals surface area contributed by atoms with Crippen molar-refractivity contribution in [2.75, 3.05) is 45.0 Å². The molecule has 1 saturated carbocycles. The summed E-state index contributed by atoms with van der Waals surface area (Å²) >= 11 is 1.86. The third-order valence-corrected chi connectivity index (χ3v) is 6.89. The number of aliphatic hydroxyl groups is 1. The fourth-order valence-corrected chi connectivity index (χ4v) is 4.76. The van der Waals surface area contributed by atoms with Crippen molar-refractivity contribution in [3.05, 3.63) is 0 Å². The molecule has 0 radical (unpaired) electrons. The van der Waals surface area contributed by atoms with Gasteiger partial charge in [0.2, 0.25) is 0 Å². The van der Waals surface area contributed by atoms with E-state index in [0.29, 0.717) is 11.8 Å². The third-order valence-electron chi connectivity index (χ3n) is 5.48. The maximum Gasteiger partial charge on any atom is 0.191 e. The number of halogens is 1. The summed E-state index contributed by atoms with van der Waals surface area (Å²) in [5.74, 6) is 2.80. The largest absolute Gasteiger partial charge is 0.387 e. The Balaban J connectivity index is 0.00000338. The van der Waals surface area contributed by atoms with Gasteiger partial charge in [0.05, 0.1) is 12.1 Å². The SMILES string of the molecule is CCNC(=NCC1(O)CCC1SCC)NCCCN1CCC(C)CC1.I. The molecular formula is C19H39IN4OS. The van der Waals surface area contributed by atoms with Gasteiger partial charge in [-0.15, -0.1) is 24.0 Å². The Kier molecular flexibility index (Phi) is 11.8. The van der Waals surface area contributed by atoms with Gasteiger partial charge in [0.1, 0.15) is 0 Å². The predicted octanol–water partition coefficient (Wildman–Crippen LogP) is 2.93. The second-order valence-electron chi connectivity index (χ2n) is 7.59. The minimum Gasteiger partial charge on any atom is -0.387 e. The highest BCUT2D eigenvalue weighted by Crippen LogP contribution is 2.41. The lowest BCUT2D eigenvalue weighted by molar-refractivity contribution is -0.0154. The van der Waals surface area contributed by atoms with Crippen LogP contribution in [0.25, 0.3) is 0 Å². The molecule has 0 bridgehead atoms. The summed E-state index contributed by atoms with van der Waals surface area (Å²) in [5, 5.41) is 17.8. The quantitative estimate of drug-likeness (QED) is 0.198. The summed E-state index contributed by atoms with van der Waals surface area (Å²) in [6, 6.07) is 0. The zero-order valence-electron chi connectivity index (χ0n) is 16.8. The first-order chi connectivity index (χ1) is 12.1. The fourth-order valence-electron chi connectivity index (χ4n) is 3.57. The Bertz CT molecular complexity index is 418. The van der Waals surface area contributed by atoms with E-state index in [2.05, 4.69) is 41.3 Å². The van der Waals surface area contributed by atoms with E-state index in [1.165, 1.54) is 25.9 Å². The summed E-state index contributed by atoms with van der Waals surface area (Å²) in [6.45, 7) is 12.5. The summed E-state index contributed by atoms with van der Waals surface area (Å²) < 4.78 is 0. The number of nitrogens with one attached hydrogen (secondary N) is 2. The lowest BCUT2D eigenvalue weighted by Crippen LogP contribution is -2.53. The van der Waals surface area contributed by atoms with Crippen LogP contribution >= 0.6 is 35.7 Å². The van der Waals surface area contributed by atoms with Crippen molar-refractivity contribution in [1.82, 2.24) is 15.5 Å². The molecule has 7 heteroatoms. The maximum absolute atomic E-state index is 10.7. The van der Waals surface area contributed by atoms with E-state index in [1.807, 2.05) is 11.8 Å². The average Bonchev–Trinajstić information content (AvgIpc) is 2.61. The van der Waals surface area contributed by atoms with Crippen molar-refractivity contribution in [1.29, 1.82) is 0 Å². The highest BCUT2D eigenvalue weighted by molar-refractivity contribution is 14.0. The standard InChI is InChI=1S/C19H38N4OS.HI/c1-4-20-18(22-15-19(24)10-7-17(19)25-5-2)21-11-6-12-23-13-8-16(3)9-14-23;/h16-17,24H,4-15H2,1-3H3,(H2,20,21,22);1H. The van der Waals surface area contributed by atoms with Crippen LogP contribution in [0.5, 0.6) is 0 Å². The summed E-state index contributed by atoms with van der Waals surface area (Å²) in [6.07, 6.45) is 5.81. The van der Waals surface area contributed by atoms with E-state index < -0.39 is 5.60 Å². The maximum atomic E-state index is 10.7. The molecule has 0 spiro atoms. The van der Waals surface area contributed by atoms with Crippen molar-refractivity contribution in [2.24, 2.45) is 10.9 Å². The molecule has 1 saturated heterocycles. The van der Waals surface area contributed by atoms with Crippen LogP contribution in [0, 0.1) is 5.92 Å². The molecule has 1 aliphatic carbocycles. The second-order valence-corrected chi connectivity index (χ2v) is 9.07. The minimum atomic E-state index is -0.604. The molecule has 3 N–H and O–H groups in total. The highest BCUT2D eigenvalue weighted by Gasteiger charge is 2.45. The average molecular weight is 499 g/mol. The van der Waals surface area contributed by atoms with Crippen molar-refractivity contribution in [2.45, 2.75) is 63.7 Å². The Morgan fingerprint density at radius 2 is 1.96 bits per heavy atom. The molecule has 2 fully saturated rings. The molecule has 154 valence electrons. The number of hydrogen-bond acceptors (Lipinski definition) is 4. The van der Waals surface area contributed by atoms with Gasteiger partial charge in [-0.1, -0.05) is 13.8 Å². The lowest BCUT2D eigenvalue weighted by Gasteiger charge is -2.44. The molecular weight excluding hydrogens is 459 g/mol. The number of piperidine rings is 1. The molecule has 2 unspecified atom stereocenters. The number of hydrogen-bond donors (Lipinski definition) is 3. The van der Waals surface area contributed by atoms with E-state index in [0.717, 1.165) is 56.5 Å². The van der Waals surface area contributed by atoms with Crippen LogP contribution in [-0.2, 0) is 0 Å². The van der Waals surface area contributed by atoms with Crippen LogP contribution < -0.4 is 10.6 Å². The highest BCUT2D eigenvalue weighted by atomic mass is 127.